The van der Waals surface area contributed by atoms with Crippen LogP contribution in [0.5, 0.6) is 0 Å². The molecule has 1 aromatic carbocycles. The molecule has 0 saturated carbocycles. The van der Waals surface area contributed by atoms with Crippen molar-refractivity contribution in [1.29, 1.82) is 0 Å². The van der Waals surface area contributed by atoms with E-state index >= 15 is 4.39 Å². The van der Waals surface area contributed by atoms with Crippen molar-refractivity contribution in [3.63, 3.8) is 0 Å². The average molecular weight is 668 g/mol. The Morgan fingerprint density at radius 2 is 1.96 bits per heavy atom. The number of carbonyl (C=O) groups excluding carboxylic acids is 5. The predicted octanol–water partition coefficient (Wildman–Crippen LogP) is 1.99. The standard InChI is InChI=1S/C28H31ClFN5O9S/c29-22-7-6-21(45-22)27(41)35(23(36)3-1-2-8-32-26(40)19(31)12-25(38)39)14-17-13-34(28(42)44-17)20-5-4-16(11-18(20)30)33-9-10-43-15-24(33)37/h4-7,11,17,19H,1-3,8-10,12-15,31H2,(H,32,40)(H,38,39)/t17-,19+/m1/s1. The molecule has 45 heavy (non-hydrogen) atoms. The number of benzene rings is 1. The number of carbonyl (C=O) groups is 6. The number of hydrogen-bond donors (Lipinski definition) is 3. The lowest BCUT2D eigenvalue weighted by molar-refractivity contribution is -0.139. The molecular weight excluding hydrogens is 637 g/mol. The molecule has 2 aromatic rings. The molecule has 0 spiro atoms. The van der Waals surface area contributed by atoms with Gasteiger partial charge in [-0.3, -0.25) is 33.8 Å². The Balaban J connectivity index is 1.38. The zero-order chi connectivity index (χ0) is 32.7. The summed E-state index contributed by atoms with van der Waals surface area (Å²) in [6.45, 7) is 0.117. The first kappa shape index (κ1) is 33.8. The monoisotopic (exact) mass is 667 g/mol. The quantitative estimate of drug-likeness (QED) is 0.267. The Bertz CT molecular complexity index is 1470. The van der Waals surface area contributed by atoms with Crippen LogP contribution in [-0.4, -0.2) is 97.2 Å². The van der Waals surface area contributed by atoms with Gasteiger partial charge in [0.2, 0.25) is 11.8 Å². The first-order chi connectivity index (χ1) is 21.4. The van der Waals surface area contributed by atoms with E-state index in [9.17, 15) is 28.8 Å². The summed E-state index contributed by atoms with van der Waals surface area (Å²) < 4.78 is 26.0. The van der Waals surface area contributed by atoms with Crippen LogP contribution in [0.15, 0.2) is 30.3 Å². The van der Waals surface area contributed by atoms with Gasteiger partial charge in [-0.25, -0.2) is 9.18 Å². The second kappa shape index (κ2) is 15.2. The number of morpholine rings is 1. The highest BCUT2D eigenvalue weighted by Gasteiger charge is 2.38. The molecule has 17 heteroatoms. The molecule has 3 heterocycles. The van der Waals surface area contributed by atoms with Gasteiger partial charge in [0, 0.05) is 25.2 Å². The molecule has 2 aliphatic heterocycles. The van der Waals surface area contributed by atoms with E-state index in [-0.39, 0.29) is 62.1 Å². The van der Waals surface area contributed by atoms with Crippen LogP contribution in [-0.2, 0) is 28.7 Å². The van der Waals surface area contributed by atoms with Gasteiger partial charge < -0.3 is 30.5 Å². The fraction of sp³-hybridized carbons (Fsp3) is 0.429. The van der Waals surface area contributed by atoms with Gasteiger partial charge in [-0.15, -0.1) is 11.3 Å². The molecule has 14 nitrogen and oxygen atoms in total. The maximum atomic E-state index is 15.2. The topological polar surface area (TPSA) is 189 Å². The number of hydrogen-bond acceptors (Lipinski definition) is 10. The third kappa shape index (κ3) is 8.75. The maximum absolute atomic E-state index is 15.2. The van der Waals surface area contributed by atoms with Crippen LogP contribution < -0.4 is 20.9 Å². The number of nitrogens with zero attached hydrogens (tertiary/aromatic N) is 3. The third-order valence-electron chi connectivity index (χ3n) is 6.96. The van der Waals surface area contributed by atoms with Crippen LogP contribution in [0.1, 0.15) is 35.4 Å². The van der Waals surface area contributed by atoms with E-state index in [0.29, 0.717) is 23.1 Å². The first-order valence-corrected chi connectivity index (χ1v) is 15.1. The number of nitrogens with one attached hydrogen (secondary N) is 1. The second-order valence-corrected chi connectivity index (χ2v) is 11.9. The van der Waals surface area contributed by atoms with Gasteiger partial charge in [0.05, 0.1) is 47.1 Å². The van der Waals surface area contributed by atoms with Crippen LogP contribution in [0.3, 0.4) is 0 Å². The Hall–Kier alpha value is -4.12. The summed E-state index contributed by atoms with van der Waals surface area (Å²) in [6, 6.07) is 5.77. The lowest BCUT2D eigenvalue weighted by Crippen LogP contribution is -2.43. The molecule has 2 atom stereocenters. The fourth-order valence-corrected chi connectivity index (χ4v) is 5.70. The predicted molar refractivity (Wildman–Crippen MR) is 160 cm³/mol. The van der Waals surface area contributed by atoms with E-state index in [1.165, 1.54) is 29.2 Å². The van der Waals surface area contributed by atoms with Crippen molar-refractivity contribution in [2.24, 2.45) is 5.73 Å². The smallest absolute Gasteiger partial charge is 0.414 e. The Morgan fingerprint density at radius 3 is 2.62 bits per heavy atom. The number of halogens is 2. The number of cyclic esters (lactones) is 1. The molecule has 4 N–H and O–H groups in total. The second-order valence-electron chi connectivity index (χ2n) is 10.2. The van der Waals surface area contributed by atoms with Crippen molar-refractivity contribution < 1.29 is 47.7 Å². The number of carboxylic acids is 1. The van der Waals surface area contributed by atoms with Crippen LogP contribution >= 0.6 is 22.9 Å². The van der Waals surface area contributed by atoms with Crippen LogP contribution in [0.25, 0.3) is 0 Å². The molecule has 1 aromatic heterocycles. The molecule has 0 bridgehead atoms. The summed E-state index contributed by atoms with van der Waals surface area (Å²) in [5.74, 6) is -4.15. The largest absolute Gasteiger partial charge is 0.481 e. The third-order valence-corrected chi connectivity index (χ3v) is 8.18. The van der Waals surface area contributed by atoms with Gasteiger partial charge in [0.1, 0.15) is 18.5 Å². The van der Waals surface area contributed by atoms with Crippen molar-refractivity contribution in [1.82, 2.24) is 10.2 Å². The Labute approximate surface area is 265 Å². The van der Waals surface area contributed by atoms with E-state index in [1.807, 2.05) is 0 Å². The van der Waals surface area contributed by atoms with Crippen LogP contribution in [0.4, 0.5) is 20.6 Å². The summed E-state index contributed by atoms with van der Waals surface area (Å²) in [5, 5.41) is 11.3. The number of aliphatic carboxylic acids is 1. The van der Waals surface area contributed by atoms with Gasteiger partial charge in [0.15, 0.2) is 0 Å². The maximum Gasteiger partial charge on any atom is 0.414 e. The van der Waals surface area contributed by atoms with E-state index < -0.39 is 54.2 Å². The number of rotatable bonds is 13. The normalized spacial score (nSPS) is 17.2. The van der Waals surface area contributed by atoms with Gasteiger partial charge >= 0.3 is 12.1 Å². The number of amides is 5. The van der Waals surface area contributed by atoms with Gasteiger partial charge in [-0.1, -0.05) is 11.6 Å². The number of ether oxygens (including phenoxy) is 2. The number of imide groups is 1. The molecule has 0 unspecified atom stereocenters. The van der Waals surface area contributed by atoms with Crippen molar-refractivity contribution in [2.45, 2.75) is 37.8 Å². The number of anilines is 2. The van der Waals surface area contributed by atoms with Gasteiger partial charge in [-0.2, -0.15) is 0 Å². The molecule has 4 rings (SSSR count). The summed E-state index contributed by atoms with van der Waals surface area (Å²) in [7, 11) is 0. The first-order valence-electron chi connectivity index (χ1n) is 14.0. The summed E-state index contributed by atoms with van der Waals surface area (Å²) in [6.07, 6.45) is -1.86. The van der Waals surface area contributed by atoms with Crippen LogP contribution in [0.2, 0.25) is 4.34 Å². The number of nitrogens with two attached hydrogens (primary N) is 1. The van der Waals surface area contributed by atoms with Gasteiger partial charge in [-0.05, 0) is 43.2 Å². The minimum absolute atomic E-state index is 0.0914. The fourth-order valence-electron chi connectivity index (χ4n) is 4.71. The molecule has 0 aliphatic carbocycles. The highest BCUT2D eigenvalue weighted by molar-refractivity contribution is 7.18. The number of unbranched alkanes of at least 4 members (excludes halogenated alkanes) is 1. The number of thiophene rings is 1. The van der Waals surface area contributed by atoms with Crippen molar-refractivity contribution >= 4 is 70.0 Å². The minimum Gasteiger partial charge on any atom is -0.481 e. The number of carboxylic acid groups (broad SMARTS) is 1. The van der Waals surface area contributed by atoms with Crippen LogP contribution in [0, 0.1) is 5.82 Å². The Morgan fingerprint density at radius 1 is 1.18 bits per heavy atom. The van der Waals surface area contributed by atoms with E-state index in [0.717, 1.165) is 27.2 Å². The average Bonchev–Trinajstić information content (AvgIpc) is 3.59. The van der Waals surface area contributed by atoms with Crippen molar-refractivity contribution in [3.8, 4) is 0 Å². The molecule has 0 radical (unpaired) electrons. The zero-order valence-electron chi connectivity index (χ0n) is 23.9. The molecule has 2 saturated heterocycles. The SMILES string of the molecule is N[C@@H](CC(=O)O)C(=O)NCCCCC(=O)N(C[C@H]1CN(c2ccc(N3CCOCC3=O)cc2F)C(=O)O1)C(=O)c1ccc(Cl)s1. The van der Waals surface area contributed by atoms with E-state index in [4.69, 9.17) is 31.9 Å². The summed E-state index contributed by atoms with van der Waals surface area (Å²) in [4.78, 5) is 77.6. The molecule has 2 aliphatic rings. The van der Waals surface area contributed by atoms with Gasteiger partial charge in [0.25, 0.3) is 11.8 Å². The minimum atomic E-state index is -1.21. The molecule has 242 valence electrons. The highest BCUT2D eigenvalue weighted by Crippen LogP contribution is 2.30. The van der Waals surface area contributed by atoms with Crippen molar-refractivity contribution in [3.05, 3.63) is 45.4 Å². The summed E-state index contributed by atoms with van der Waals surface area (Å²) in [5.41, 5.74) is 5.74. The molecule has 5 amide bonds. The van der Waals surface area contributed by atoms with Crippen molar-refractivity contribution in [2.75, 3.05) is 49.2 Å². The summed E-state index contributed by atoms with van der Waals surface area (Å²) >= 11 is 6.96. The van der Waals surface area contributed by atoms with E-state index in [1.54, 1.807) is 0 Å². The highest BCUT2D eigenvalue weighted by atomic mass is 35.5. The Kier molecular flexibility index (Phi) is 11.4. The molecule has 2 fully saturated rings. The molecular formula is C28H31ClFN5O9S. The lowest BCUT2D eigenvalue weighted by Gasteiger charge is -2.27. The zero-order valence-corrected chi connectivity index (χ0v) is 25.5. The van der Waals surface area contributed by atoms with E-state index in [2.05, 4.69) is 5.32 Å². The lowest BCUT2D eigenvalue weighted by atomic mass is 10.1.